The second-order valence-electron chi connectivity index (χ2n) is 5.08. The van der Waals surface area contributed by atoms with Crippen LogP contribution in [0.2, 0.25) is 0 Å². The molecule has 3 nitrogen and oxygen atoms in total. The van der Waals surface area contributed by atoms with Crippen molar-refractivity contribution in [1.82, 2.24) is 4.98 Å². The molecule has 2 aromatic carbocycles. The van der Waals surface area contributed by atoms with E-state index in [4.69, 9.17) is 0 Å². The lowest BCUT2D eigenvalue weighted by Crippen LogP contribution is -2.04. The Morgan fingerprint density at radius 3 is 2.52 bits per heavy atom. The number of hydrogen-bond donors (Lipinski definition) is 1. The minimum atomic E-state index is -3.45. The number of benzene rings is 2. The van der Waals surface area contributed by atoms with Gasteiger partial charge in [-0.1, -0.05) is 17.7 Å². The third-order valence-electron chi connectivity index (χ3n) is 3.46. The highest BCUT2D eigenvalue weighted by Gasteiger charge is 2.17. The van der Waals surface area contributed by atoms with Gasteiger partial charge in [-0.3, -0.25) is 0 Å². The number of aromatic nitrogens is 1. The van der Waals surface area contributed by atoms with Crippen LogP contribution in [0.5, 0.6) is 0 Å². The average molecular weight is 303 g/mol. The van der Waals surface area contributed by atoms with E-state index in [2.05, 4.69) is 4.98 Å². The van der Waals surface area contributed by atoms with Crippen molar-refractivity contribution >= 4 is 20.7 Å². The first kappa shape index (κ1) is 13.8. The molecule has 3 rings (SSSR count). The molecule has 21 heavy (non-hydrogen) atoms. The van der Waals surface area contributed by atoms with Crippen LogP contribution in [0.15, 0.2) is 53.6 Å². The van der Waals surface area contributed by atoms with Gasteiger partial charge in [0.15, 0.2) is 9.84 Å². The molecule has 0 saturated heterocycles. The van der Waals surface area contributed by atoms with Crippen LogP contribution in [0.4, 0.5) is 4.39 Å². The summed E-state index contributed by atoms with van der Waals surface area (Å²) in [4.78, 5) is 3.24. The molecule has 5 heteroatoms. The molecule has 0 aliphatic carbocycles. The van der Waals surface area contributed by atoms with Crippen LogP contribution in [0, 0.1) is 12.7 Å². The number of halogens is 1. The quantitative estimate of drug-likeness (QED) is 0.804. The van der Waals surface area contributed by atoms with Crippen LogP contribution in [0.25, 0.3) is 10.9 Å². The highest BCUT2D eigenvalue weighted by Crippen LogP contribution is 2.24. The highest BCUT2D eigenvalue weighted by molar-refractivity contribution is 7.90. The molecule has 1 aromatic heterocycles. The SMILES string of the molecule is Cc1ccc(S(=O)(=O)Cc2c[nH]c3ccc(F)cc23)cc1. The van der Waals surface area contributed by atoms with E-state index in [1.54, 1.807) is 36.5 Å². The largest absolute Gasteiger partial charge is 0.361 e. The lowest BCUT2D eigenvalue weighted by molar-refractivity contribution is 0.595. The van der Waals surface area contributed by atoms with Crippen molar-refractivity contribution in [3.63, 3.8) is 0 Å². The fourth-order valence-corrected chi connectivity index (χ4v) is 3.67. The maximum atomic E-state index is 13.3. The number of aryl methyl sites for hydroxylation is 1. The maximum absolute atomic E-state index is 13.3. The Morgan fingerprint density at radius 1 is 1.10 bits per heavy atom. The molecule has 0 aliphatic rings. The molecule has 1 heterocycles. The molecule has 0 radical (unpaired) electrons. The average Bonchev–Trinajstić information content (AvgIpc) is 2.81. The van der Waals surface area contributed by atoms with Crippen LogP contribution in [-0.4, -0.2) is 13.4 Å². The maximum Gasteiger partial charge on any atom is 0.182 e. The minimum Gasteiger partial charge on any atom is -0.361 e. The number of fused-ring (bicyclic) bond motifs is 1. The summed E-state index contributed by atoms with van der Waals surface area (Å²) in [7, 11) is -3.45. The van der Waals surface area contributed by atoms with Crippen molar-refractivity contribution in [3.8, 4) is 0 Å². The van der Waals surface area contributed by atoms with Gasteiger partial charge in [0.2, 0.25) is 0 Å². The van der Waals surface area contributed by atoms with E-state index in [0.29, 0.717) is 10.9 Å². The Morgan fingerprint density at radius 2 is 1.81 bits per heavy atom. The second kappa shape index (κ2) is 5.00. The Kier molecular flexibility index (Phi) is 3.29. The van der Waals surface area contributed by atoms with Crippen molar-refractivity contribution < 1.29 is 12.8 Å². The molecule has 3 aromatic rings. The molecule has 1 N–H and O–H groups in total. The molecule has 0 amide bonds. The van der Waals surface area contributed by atoms with Gasteiger partial charge in [0, 0.05) is 17.1 Å². The predicted molar refractivity (Wildman–Crippen MR) is 80.3 cm³/mol. The summed E-state index contributed by atoms with van der Waals surface area (Å²) in [5, 5.41) is 0.602. The zero-order valence-electron chi connectivity index (χ0n) is 11.4. The fraction of sp³-hybridized carbons (Fsp3) is 0.125. The molecule has 108 valence electrons. The van der Waals surface area contributed by atoms with Crippen molar-refractivity contribution in [2.45, 2.75) is 17.6 Å². The second-order valence-corrected chi connectivity index (χ2v) is 7.07. The van der Waals surface area contributed by atoms with Gasteiger partial charge in [0.05, 0.1) is 10.6 Å². The van der Waals surface area contributed by atoms with Gasteiger partial charge < -0.3 is 4.98 Å². The Balaban J connectivity index is 2.01. The van der Waals surface area contributed by atoms with Crippen molar-refractivity contribution in [2.24, 2.45) is 0 Å². The fourth-order valence-electron chi connectivity index (χ4n) is 2.30. The van der Waals surface area contributed by atoms with Gasteiger partial charge in [-0.05, 0) is 42.8 Å². The van der Waals surface area contributed by atoms with Gasteiger partial charge in [0.25, 0.3) is 0 Å². The molecule has 0 atom stereocenters. The van der Waals surface area contributed by atoms with Gasteiger partial charge in [0.1, 0.15) is 5.82 Å². The minimum absolute atomic E-state index is 0.153. The Bertz CT molecular complexity index is 896. The summed E-state index contributed by atoms with van der Waals surface area (Å²) in [5.74, 6) is -0.532. The third kappa shape index (κ3) is 2.69. The molecule has 0 aliphatic heterocycles. The first-order valence-electron chi connectivity index (χ1n) is 6.51. The highest BCUT2D eigenvalue weighted by atomic mass is 32.2. The number of hydrogen-bond acceptors (Lipinski definition) is 2. The first-order valence-corrected chi connectivity index (χ1v) is 8.16. The molecule has 0 unspecified atom stereocenters. The monoisotopic (exact) mass is 303 g/mol. The van der Waals surface area contributed by atoms with Gasteiger partial charge in [-0.25, -0.2) is 12.8 Å². The molecular formula is C16H14FNO2S. The van der Waals surface area contributed by atoms with E-state index < -0.39 is 9.84 Å². The van der Waals surface area contributed by atoms with E-state index in [1.165, 1.54) is 12.1 Å². The lowest BCUT2D eigenvalue weighted by Gasteiger charge is -2.04. The van der Waals surface area contributed by atoms with Gasteiger partial charge in [-0.15, -0.1) is 0 Å². The summed E-state index contributed by atoms with van der Waals surface area (Å²) in [6.45, 7) is 1.90. The smallest absolute Gasteiger partial charge is 0.182 e. The number of aromatic amines is 1. The predicted octanol–water partition coefficient (Wildman–Crippen LogP) is 3.59. The van der Waals surface area contributed by atoms with E-state index in [-0.39, 0.29) is 16.5 Å². The van der Waals surface area contributed by atoms with Crippen LogP contribution >= 0.6 is 0 Å². The summed E-state index contributed by atoms with van der Waals surface area (Å²) in [5.41, 5.74) is 2.30. The Hall–Kier alpha value is -2.14. The van der Waals surface area contributed by atoms with Crippen LogP contribution in [-0.2, 0) is 15.6 Å². The van der Waals surface area contributed by atoms with E-state index >= 15 is 0 Å². The van der Waals surface area contributed by atoms with Crippen molar-refractivity contribution in [2.75, 3.05) is 0 Å². The lowest BCUT2D eigenvalue weighted by atomic mass is 10.2. The normalized spacial score (nSPS) is 11.9. The van der Waals surface area contributed by atoms with Crippen LogP contribution < -0.4 is 0 Å². The van der Waals surface area contributed by atoms with Crippen molar-refractivity contribution in [3.05, 3.63) is 65.6 Å². The van der Waals surface area contributed by atoms with E-state index in [9.17, 15) is 12.8 Å². The summed E-state index contributed by atoms with van der Waals surface area (Å²) < 4.78 is 38.2. The van der Waals surface area contributed by atoms with E-state index in [1.807, 2.05) is 6.92 Å². The molecule has 0 fully saturated rings. The summed E-state index contributed by atoms with van der Waals surface area (Å²) in [6, 6.07) is 11.0. The number of rotatable bonds is 3. The zero-order valence-corrected chi connectivity index (χ0v) is 12.2. The van der Waals surface area contributed by atoms with Gasteiger partial charge >= 0.3 is 0 Å². The standard InChI is InChI=1S/C16H14FNO2S/c1-11-2-5-14(6-3-11)21(19,20)10-12-9-18-16-7-4-13(17)8-15(12)16/h2-9,18H,10H2,1H3. The Labute approximate surface area is 122 Å². The summed E-state index contributed by atoms with van der Waals surface area (Å²) in [6.07, 6.45) is 1.62. The topological polar surface area (TPSA) is 49.9 Å². The zero-order chi connectivity index (χ0) is 15.0. The number of nitrogens with one attached hydrogen (secondary N) is 1. The summed E-state index contributed by atoms with van der Waals surface area (Å²) >= 11 is 0. The van der Waals surface area contributed by atoms with Crippen molar-refractivity contribution in [1.29, 1.82) is 0 Å². The van der Waals surface area contributed by atoms with Crippen LogP contribution in [0.3, 0.4) is 0 Å². The molecule has 0 bridgehead atoms. The molecule has 0 saturated carbocycles. The molecular weight excluding hydrogens is 289 g/mol. The first-order chi connectivity index (χ1) is 9.95. The van der Waals surface area contributed by atoms with E-state index in [0.717, 1.165) is 11.1 Å². The number of H-pyrrole nitrogens is 1. The molecule has 0 spiro atoms. The third-order valence-corrected chi connectivity index (χ3v) is 5.14. The van der Waals surface area contributed by atoms with Crippen LogP contribution in [0.1, 0.15) is 11.1 Å². The van der Waals surface area contributed by atoms with Gasteiger partial charge in [-0.2, -0.15) is 0 Å². The number of sulfone groups is 1.